The summed E-state index contributed by atoms with van der Waals surface area (Å²) < 4.78 is 0. The van der Waals surface area contributed by atoms with Gasteiger partial charge in [-0.05, 0) is 38.0 Å². The molecule has 23 heavy (non-hydrogen) atoms. The fourth-order valence-electron chi connectivity index (χ4n) is 2.89. The highest BCUT2D eigenvalue weighted by Gasteiger charge is 2.21. The lowest BCUT2D eigenvalue weighted by atomic mass is 10.1. The zero-order valence-electron chi connectivity index (χ0n) is 13.7. The van der Waals surface area contributed by atoms with E-state index in [4.69, 9.17) is 0 Å². The highest BCUT2D eigenvalue weighted by Crippen LogP contribution is 2.23. The SMILES string of the molecule is Cc1cnc(CCNC(C)c2ccc(N3CCCC3=O)cc2)s1. The number of thiazole rings is 1. The number of nitrogens with zero attached hydrogens (tertiary/aromatic N) is 2. The van der Waals surface area contributed by atoms with Gasteiger partial charge in [-0.3, -0.25) is 4.79 Å². The summed E-state index contributed by atoms with van der Waals surface area (Å²) in [5, 5.41) is 4.73. The third kappa shape index (κ3) is 3.98. The zero-order valence-corrected chi connectivity index (χ0v) is 14.5. The molecule has 0 aliphatic carbocycles. The van der Waals surface area contributed by atoms with Gasteiger partial charge in [0, 0.05) is 48.7 Å². The van der Waals surface area contributed by atoms with Gasteiger partial charge >= 0.3 is 0 Å². The lowest BCUT2D eigenvalue weighted by Gasteiger charge is -2.18. The standard InChI is InChI=1S/C18H23N3OS/c1-13-12-20-17(23-13)9-10-19-14(2)15-5-7-16(8-6-15)21-11-3-4-18(21)22/h5-8,12,14,19H,3-4,9-11H2,1-2H3. The van der Waals surface area contributed by atoms with Crippen molar-refractivity contribution < 1.29 is 4.79 Å². The fraction of sp³-hybridized carbons (Fsp3) is 0.444. The van der Waals surface area contributed by atoms with Crippen LogP contribution in [0.4, 0.5) is 5.69 Å². The third-order valence-electron chi connectivity index (χ3n) is 4.24. The number of hydrogen-bond donors (Lipinski definition) is 1. The van der Waals surface area contributed by atoms with E-state index in [1.807, 2.05) is 11.1 Å². The summed E-state index contributed by atoms with van der Waals surface area (Å²) in [6.07, 6.45) is 4.54. The Morgan fingerprint density at radius 2 is 2.13 bits per heavy atom. The van der Waals surface area contributed by atoms with Gasteiger partial charge in [-0.1, -0.05) is 12.1 Å². The normalized spacial score (nSPS) is 16.1. The van der Waals surface area contributed by atoms with Crippen LogP contribution in [0, 0.1) is 6.92 Å². The third-order valence-corrected chi connectivity index (χ3v) is 5.21. The summed E-state index contributed by atoms with van der Waals surface area (Å²) in [5.41, 5.74) is 2.26. The molecule has 5 heteroatoms. The summed E-state index contributed by atoms with van der Waals surface area (Å²) in [5.74, 6) is 0.239. The molecule has 2 heterocycles. The van der Waals surface area contributed by atoms with E-state index in [1.54, 1.807) is 11.3 Å². The van der Waals surface area contributed by atoms with Crippen molar-refractivity contribution in [1.29, 1.82) is 0 Å². The van der Waals surface area contributed by atoms with Crippen molar-refractivity contribution in [3.63, 3.8) is 0 Å². The summed E-state index contributed by atoms with van der Waals surface area (Å²) >= 11 is 1.76. The van der Waals surface area contributed by atoms with E-state index in [0.717, 1.165) is 31.6 Å². The zero-order chi connectivity index (χ0) is 16.2. The maximum atomic E-state index is 11.8. The number of rotatable bonds is 6. The topological polar surface area (TPSA) is 45.2 Å². The highest BCUT2D eigenvalue weighted by molar-refractivity contribution is 7.11. The number of benzene rings is 1. The minimum atomic E-state index is 0.239. The van der Waals surface area contributed by atoms with Crippen molar-refractivity contribution in [3.05, 3.63) is 45.9 Å². The van der Waals surface area contributed by atoms with Crippen molar-refractivity contribution in [2.75, 3.05) is 18.0 Å². The second kappa shape index (κ2) is 7.23. The molecule has 2 aromatic rings. The van der Waals surface area contributed by atoms with E-state index in [9.17, 15) is 4.79 Å². The van der Waals surface area contributed by atoms with Gasteiger partial charge in [-0.25, -0.2) is 4.98 Å². The van der Waals surface area contributed by atoms with Crippen LogP contribution in [0.1, 0.15) is 41.3 Å². The molecular weight excluding hydrogens is 306 g/mol. The molecule has 1 amide bonds. The molecule has 1 aliphatic rings. The van der Waals surface area contributed by atoms with Crippen LogP contribution in [-0.2, 0) is 11.2 Å². The molecule has 1 aromatic carbocycles. The van der Waals surface area contributed by atoms with Gasteiger partial charge in [-0.2, -0.15) is 0 Å². The first-order valence-electron chi connectivity index (χ1n) is 8.18. The Bertz CT molecular complexity index is 665. The van der Waals surface area contributed by atoms with E-state index in [-0.39, 0.29) is 5.91 Å². The van der Waals surface area contributed by atoms with Gasteiger partial charge < -0.3 is 10.2 Å². The fourth-order valence-corrected chi connectivity index (χ4v) is 3.68. The second-order valence-corrected chi connectivity index (χ2v) is 7.35. The smallest absolute Gasteiger partial charge is 0.227 e. The summed E-state index contributed by atoms with van der Waals surface area (Å²) in [6, 6.07) is 8.64. The molecule has 1 fully saturated rings. The predicted molar refractivity (Wildman–Crippen MR) is 95.0 cm³/mol. The molecule has 1 N–H and O–H groups in total. The molecule has 0 spiro atoms. The highest BCUT2D eigenvalue weighted by atomic mass is 32.1. The molecule has 4 nitrogen and oxygen atoms in total. The average molecular weight is 329 g/mol. The number of anilines is 1. The Labute approximate surface area is 141 Å². The van der Waals surface area contributed by atoms with Crippen molar-refractivity contribution in [2.45, 2.75) is 39.2 Å². The molecule has 0 radical (unpaired) electrons. The summed E-state index contributed by atoms with van der Waals surface area (Å²) in [7, 11) is 0. The first-order chi connectivity index (χ1) is 11.1. The second-order valence-electron chi connectivity index (χ2n) is 6.03. The van der Waals surface area contributed by atoms with Crippen LogP contribution >= 0.6 is 11.3 Å². The predicted octanol–water partition coefficient (Wildman–Crippen LogP) is 3.47. The molecule has 122 valence electrons. The summed E-state index contributed by atoms with van der Waals surface area (Å²) in [4.78, 5) is 19.3. The van der Waals surface area contributed by atoms with Crippen LogP contribution in [0.2, 0.25) is 0 Å². The Kier molecular flexibility index (Phi) is 5.08. The number of nitrogens with one attached hydrogen (secondary N) is 1. The maximum Gasteiger partial charge on any atom is 0.227 e. The molecule has 1 aliphatic heterocycles. The largest absolute Gasteiger partial charge is 0.312 e. The Morgan fingerprint density at radius 3 is 2.74 bits per heavy atom. The van der Waals surface area contributed by atoms with Crippen LogP contribution in [0.15, 0.2) is 30.5 Å². The number of amides is 1. The minimum absolute atomic E-state index is 0.239. The number of aromatic nitrogens is 1. The van der Waals surface area contributed by atoms with Crippen LogP contribution in [0.25, 0.3) is 0 Å². The van der Waals surface area contributed by atoms with Crippen LogP contribution in [0.5, 0.6) is 0 Å². The van der Waals surface area contributed by atoms with Crippen molar-refractivity contribution in [2.24, 2.45) is 0 Å². The Morgan fingerprint density at radius 1 is 1.35 bits per heavy atom. The minimum Gasteiger partial charge on any atom is -0.312 e. The Hall–Kier alpha value is -1.72. The van der Waals surface area contributed by atoms with Crippen LogP contribution in [-0.4, -0.2) is 24.0 Å². The quantitative estimate of drug-likeness (QED) is 0.882. The lowest BCUT2D eigenvalue weighted by Crippen LogP contribution is -2.24. The van der Waals surface area contributed by atoms with E-state index >= 15 is 0 Å². The van der Waals surface area contributed by atoms with Gasteiger partial charge in [0.25, 0.3) is 0 Å². The van der Waals surface area contributed by atoms with E-state index in [1.165, 1.54) is 15.4 Å². The van der Waals surface area contributed by atoms with Crippen LogP contribution in [0.3, 0.4) is 0 Å². The van der Waals surface area contributed by atoms with Crippen molar-refractivity contribution in [1.82, 2.24) is 10.3 Å². The van der Waals surface area contributed by atoms with E-state index < -0.39 is 0 Å². The van der Waals surface area contributed by atoms with Gasteiger partial charge in [0.1, 0.15) is 0 Å². The van der Waals surface area contributed by atoms with Crippen molar-refractivity contribution >= 4 is 22.9 Å². The number of carbonyl (C=O) groups excluding carboxylic acids is 1. The summed E-state index contributed by atoms with van der Waals surface area (Å²) in [6.45, 7) is 6.02. The lowest BCUT2D eigenvalue weighted by molar-refractivity contribution is -0.117. The first kappa shape index (κ1) is 16.1. The average Bonchev–Trinajstić information content (AvgIpc) is 3.16. The van der Waals surface area contributed by atoms with E-state index in [2.05, 4.69) is 48.4 Å². The van der Waals surface area contributed by atoms with Crippen LogP contribution < -0.4 is 10.2 Å². The molecule has 0 bridgehead atoms. The van der Waals surface area contributed by atoms with Gasteiger partial charge in [-0.15, -0.1) is 11.3 Å². The monoisotopic (exact) mass is 329 g/mol. The van der Waals surface area contributed by atoms with Gasteiger partial charge in [0.15, 0.2) is 0 Å². The molecule has 1 atom stereocenters. The number of aryl methyl sites for hydroxylation is 1. The Balaban J connectivity index is 1.53. The maximum absolute atomic E-state index is 11.8. The molecular formula is C18H23N3OS. The number of hydrogen-bond acceptors (Lipinski definition) is 4. The molecule has 0 saturated carbocycles. The van der Waals surface area contributed by atoms with Gasteiger partial charge in [0.2, 0.25) is 5.91 Å². The van der Waals surface area contributed by atoms with Gasteiger partial charge in [0.05, 0.1) is 5.01 Å². The molecule has 3 rings (SSSR count). The van der Waals surface area contributed by atoms with E-state index in [0.29, 0.717) is 12.5 Å². The molecule has 1 saturated heterocycles. The first-order valence-corrected chi connectivity index (χ1v) is 9.00. The van der Waals surface area contributed by atoms with Crippen molar-refractivity contribution in [3.8, 4) is 0 Å². The number of carbonyl (C=O) groups is 1. The molecule has 1 aromatic heterocycles. The molecule has 1 unspecified atom stereocenters.